The Kier molecular flexibility index (Phi) is 3.78. The van der Waals surface area contributed by atoms with E-state index < -0.39 is 17.8 Å². The van der Waals surface area contributed by atoms with Gasteiger partial charge in [-0.3, -0.25) is 0 Å². The maximum absolute atomic E-state index is 14.4. The molecule has 9 heteroatoms. The van der Waals surface area contributed by atoms with Gasteiger partial charge in [0.2, 0.25) is 5.95 Å². The van der Waals surface area contributed by atoms with Crippen molar-refractivity contribution in [3.63, 3.8) is 0 Å². The average Bonchev–Trinajstić information content (AvgIpc) is 3.16. The second-order valence-electron chi connectivity index (χ2n) is 5.68. The summed E-state index contributed by atoms with van der Waals surface area (Å²) >= 11 is 4.33. The van der Waals surface area contributed by atoms with Crippen molar-refractivity contribution in [1.29, 1.82) is 0 Å². The Balaban J connectivity index is 2.14. The molecular weight excluding hydrogens is 332 g/mol. The monoisotopic (exact) mass is 346 g/mol. The van der Waals surface area contributed by atoms with E-state index in [-0.39, 0.29) is 17.6 Å². The van der Waals surface area contributed by atoms with Crippen molar-refractivity contribution in [1.82, 2.24) is 14.8 Å². The summed E-state index contributed by atoms with van der Waals surface area (Å²) in [4.78, 5) is 5.34. The van der Waals surface area contributed by atoms with Crippen LogP contribution in [0.25, 0.3) is 5.69 Å². The number of thiol groups is 1. The van der Waals surface area contributed by atoms with E-state index in [0.717, 1.165) is 23.1 Å². The van der Waals surface area contributed by atoms with Crippen molar-refractivity contribution >= 4 is 18.6 Å². The first-order valence-corrected chi connectivity index (χ1v) is 7.37. The molecule has 0 saturated heterocycles. The molecule has 4 nitrogen and oxygen atoms in total. The van der Waals surface area contributed by atoms with E-state index in [4.69, 9.17) is 0 Å². The van der Waals surface area contributed by atoms with Gasteiger partial charge in [-0.2, -0.15) is 22.8 Å². The van der Waals surface area contributed by atoms with Gasteiger partial charge in [0, 0.05) is 19.0 Å². The molecule has 1 aromatic heterocycles. The minimum Gasteiger partial charge on any atom is -0.347 e. The Morgan fingerprint density at radius 2 is 1.91 bits per heavy atom. The minimum atomic E-state index is -4.70. The molecule has 1 aromatic carbocycles. The van der Waals surface area contributed by atoms with Gasteiger partial charge >= 0.3 is 6.18 Å². The van der Waals surface area contributed by atoms with Gasteiger partial charge in [0.15, 0.2) is 0 Å². The Morgan fingerprint density at radius 3 is 2.43 bits per heavy atom. The Labute approximate surface area is 135 Å². The number of hydrogen-bond donors (Lipinski definition) is 1. The molecule has 124 valence electrons. The van der Waals surface area contributed by atoms with Crippen LogP contribution in [0.15, 0.2) is 17.0 Å². The largest absolute Gasteiger partial charge is 0.453 e. The highest BCUT2D eigenvalue weighted by Gasteiger charge is 2.38. The van der Waals surface area contributed by atoms with E-state index in [1.807, 2.05) is 0 Å². The van der Waals surface area contributed by atoms with Crippen LogP contribution in [0.1, 0.15) is 30.1 Å². The molecule has 3 rings (SSSR count). The highest BCUT2D eigenvalue weighted by molar-refractivity contribution is 7.80. The van der Waals surface area contributed by atoms with Gasteiger partial charge in [0.1, 0.15) is 11.5 Å². The second kappa shape index (κ2) is 5.40. The zero-order chi connectivity index (χ0) is 16.9. The second-order valence-corrected chi connectivity index (χ2v) is 6.16. The van der Waals surface area contributed by atoms with Crippen molar-refractivity contribution in [2.75, 3.05) is 19.0 Å². The van der Waals surface area contributed by atoms with E-state index >= 15 is 0 Å². The molecule has 1 saturated carbocycles. The van der Waals surface area contributed by atoms with E-state index in [1.54, 1.807) is 0 Å². The van der Waals surface area contributed by atoms with Crippen molar-refractivity contribution in [2.45, 2.75) is 29.8 Å². The van der Waals surface area contributed by atoms with Gasteiger partial charge in [-0.1, -0.05) is 0 Å². The summed E-state index contributed by atoms with van der Waals surface area (Å²) in [7, 11) is 3.03. The number of nitrogens with zero attached hydrogens (tertiary/aromatic N) is 4. The third kappa shape index (κ3) is 3.01. The highest BCUT2D eigenvalue weighted by atomic mass is 32.1. The number of anilines is 1. The standard InChI is InChI=1S/C14H14F4N4S/c1-21(2)13-19-12(14(16,17)18)20-22(13)10-6-11(23)8(5-9(10)15)7-3-4-7/h5-7,23H,3-4H2,1-2H3. The third-order valence-corrected chi connectivity index (χ3v) is 3.97. The lowest BCUT2D eigenvalue weighted by molar-refractivity contribution is -0.144. The molecule has 1 aliphatic rings. The van der Waals surface area contributed by atoms with Gasteiger partial charge in [-0.25, -0.2) is 4.39 Å². The van der Waals surface area contributed by atoms with Crippen molar-refractivity contribution < 1.29 is 17.6 Å². The topological polar surface area (TPSA) is 34.0 Å². The summed E-state index contributed by atoms with van der Waals surface area (Å²) in [6.45, 7) is 0. The smallest absolute Gasteiger partial charge is 0.347 e. The van der Waals surface area contributed by atoms with E-state index in [9.17, 15) is 17.6 Å². The van der Waals surface area contributed by atoms with E-state index in [0.29, 0.717) is 4.90 Å². The Hall–Kier alpha value is -1.77. The van der Waals surface area contributed by atoms with Crippen LogP contribution in [0, 0.1) is 5.82 Å². The molecule has 1 heterocycles. The lowest BCUT2D eigenvalue weighted by Gasteiger charge is -2.14. The molecule has 23 heavy (non-hydrogen) atoms. The predicted molar refractivity (Wildman–Crippen MR) is 79.9 cm³/mol. The number of alkyl halides is 3. The first-order chi connectivity index (χ1) is 10.7. The quantitative estimate of drug-likeness (QED) is 0.680. The molecule has 1 aliphatic carbocycles. The summed E-state index contributed by atoms with van der Waals surface area (Å²) in [5, 5.41) is 3.43. The summed E-state index contributed by atoms with van der Waals surface area (Å²) in [6.07, 6.45) is -2.77. The first kappa shape index (κ1) is 16.1. The molecule has 2 aromatic rings. The molecule has 0 unspecified atom stereocenters. The van der Waals surface area contributed by atoms with Crippen molar-refractivity contribution in [3.05, 3.63) is 29.3 Å². The number of aromatic nitrogens is 3. The average molecular weight is 346 g/mol. The molecule has 0 spiro atoms. The van der Waals surface area contributed by atoms with E-state index in [2.05, 4.69) is 22.7 Å². The summed E-state index contributed by atoms with van der Waals surface area (Å²) in [5.41, 5.74) is 0.670. The maximum atomic E-state index is 14.4. The van der Waals surface area contributed by atoms with Crippen molar-refractivity contribution in [2.24, 2.45) is 0 Å². The number of rotatable bonds is 3. The van der Waals surface area contributed by atoms with Crippen LogP contribution in [-0.4, -0.2) is 28.9 Å². The molecule has 0 aliphatic heterocycles. The van der Waals surface area contributed by atoms with Gasteiger partial charge < -0.3 is 4.90 Å². The van der Waals surface area contributed by atoms with Gasteiger partial charge in [0.25, 0.3) is 5.82 Å². The van der Waals surface area contributed by atoms with Crippen LogP contribution in [0.3, 0.4) is 0 Å². The lowest BCUT2D eigenvalue weighted by Crippen LogP contribution is -2.16. The van der Waals surface area contributed by atoms with Crippen molar-refractivity contribution in [3.8, 4) is 5.69 Å². The summed E-state index contributed by atoms with van der Waals surface area (Å²) in [6, 6.07) is 2.72. The van der Waals surface area contributed by atoms with Gasteiger partial charge in [-0.15, -0.1) is 17.7 Å². The molecule has 0 bridgehead atoms. The zero-order valence-electron chi connectivity index (χ0n) is 12.4. The Bertz CT molecular complexity index is 750. The number of hydrogen-bond acceptors (Lipinski definition) is 4. The molecule has 1 fully saturated rings. The lowest BCUT2D eigenvalue weighted by atomic mass is 10.1. The van der Waals surface area contributed by atoms with Crippen LogP contribution in [-0.2, 0) is 6.18 Å². The maximum Gasteiger partial charge on any atom is 0.453 e. The fourth-order valence-electron chi connectivity index (χ4n) is 2.32. The zero-order valence-corrected chi connectivity index (χ0v) is 13.3. The third-order valence-electron chi connectivity index (χ3n) is 3.59. The molecular formula is C14H14F4N4S. The van der Waals surface area contributed by atoms with Crippen LogP contribution >= 0.6 is 12.6 Å². The molecule has 0 atom stereocenters. The molecule has 0 radical (unpaired) electrons. The molecule has 0 amide bonds. The highest BCUT2D eigenvalue weighted by Crippen LogP contribution is 2.43. The van der Waals surface area contributed by atoms with E-state index in [1.165, 1.54) is 31.1 Å². The van der Waals surface area contributed by atoms with Crippen LogP contribution in [0.4, 0.5) is 23.5 Å². The minimum absolute atomic E-state index is 0.105. The fourth-order valence-corrected chi connectivity index (χ4v) is 2.69. The number of halogens is 4. The van der Waals surface area contributed by atoms with Crippen LogP contribution in [0.2, 0.25) is 0 Å². The predicted octanol–water partition coefficient (Wildman–Crippen LogP) is 3.66. The van der Waals surface area contributed by atoms with Gasteiger partial charge in [-0.05, 0) is 36.5 Å². The summed E-state index contributed by atoms with van der Waals surface area (Å²) in [5.74, 6) is -1.79. The SMILES string of the molecule is CN(C)c1nc(C(F)(F)F)nn1-c1cc(S)c(C2CC2)cc1F. The van der Waals surface area contributed by atoms with Gasteiger partial charge in [0.05, 0.1) is 0 Å². The first-order valence-electron chi connectivity index (χ1n) is 6.93. The fraction of sp³-hybridized carbons (Fsp3) is 0.429. The summed E-state index contributed by atoms with van der Waals surface area (Å²) < 4.78 is 53.8. The number of benzene rings is 1. The normalized spacial score (nSPS) is 15.1. The van der Waals surface area contributed by atoms with Crippen LogP contribution in [0.5, 0.6) is 0 Å². The Morgan fingerprint density at radius 1 is 1.26 bits per heavy atom. The molecule has 0 N–H and O–H groups in total. The van der Waals surface area contributed by atoms with Crippen LogP contribution < -0.4 is 4.90 Å².